The fourth-order valence-electron chi connectivity index (χ4n) is 2.37. The second-order valence-corrected chi connectivity index (χ2v) is 5.32. The lowest BCUT2D eigenvalue weighted by Gasteiger charge is -2.12. The van der Waals surface area contributed by atoms with Crippen LogP contribution in [0.2, 0.25) is 0 Å². The van der Waals surface area contributed by atoms with Crippen molar-refractivity contribution in [2.24, 2.45) is 4.99 Å². The van der Waals surface area contributed by atoms with E-state index in [-0.39, 0.29) is 29.8 Å². The van der Waals surface area contributed by atoms with Crippen molar-refractivity contribution >= 4 is 29.9 Å². The highest BCUT2D eigenvalue weighted by Crippen LogP contribution is 2.06. The molecule has 0 aliphatic rings. The van der Waals surface area contributed by atoms with Crippen LogP contribution < -0.4 is 10.6 Å². The summed E-state index contributed by atoms with van der Waals surface area (Å²) in [4.78, 5) is 4.50. The van der Waals surface area contributed by atoms with Crippen LogP contribution >= 0.6 is 24.0 Å². The Hall–Kier alpha value is -1.71. The van der Waals surface area contributed by atoms with Gasteiger partial charge in [0.25, 0.3) is 0 Å². The standard InChI is InChI=1S/C17H25FN6.HI/c1-3-16-23-22-13-24(16)12-11-21-17(19-4-2)20-10-9-14-7-5-6-8-15(14)18;/h5-8,13H,3-4,9-12H2,1-2H3,(H2,19,20,21);1H. The molecular weight excluding hydrogens is 434 g/mol. The SMILES string of the molecule is CCNC(=NCCc1ccccc1F)NCCn1cnnc1CC.I. The third kappa shape index (κ3) is 6.97. The Balaban J connectivity index is 0.00000312. The van der Waals surface area contributed by atoms with Gasteiger partial charge in [0, 0.05) is 32.6 Å². The highest BCUT2D eigenvalue weighted by molar-refractivity contribution is 14.0. The summed E-state index contributed by atoms with van der Waals surface area (Å²) in [5.74, 6) is 1.53. The fourth-order valence-corrected chi connectivity index (χ4v) is 2.37. The van der Waals surface area contributed by atoms with E-state index in [1.54, 1.807) is 18.5 Å². The number of aryl methyl sites for hydroxylation is 1. The number of nitrogens with one attached hydrogen (secondary N) is 2. The van der Waals surface area contributed by atoms with Gasteiger partial charge in [-0.05, 0) is 25.0 Å². The van der Waals surface area contributed by atoms with Gasteiger partial charge >= 0.3 is 0 Å². The molecule has 1 aromatic heterocycles. The van der Waals surface area contributed by atoms with Crippen molar-refractivity contribution < 1.29 is 4.39 Å². The zero-order valence-electron chi connectivity index (χ0n) is 14.7. The highest BCUT2D eigenvalue weighted by atomic mass is 127. The minimum absolute atomic E-state index is 0. The number of guanidine groups is 1. The highest BCUT2D eigenvalue weighted by Gasteiger charge is 2.03. The van der Waals surface area contributed by atoms with Gasteiger partial charge in [-0.25, -0.2) is 4.39 Å². The second kappa shape index (κ2) is 11.8. The van der Waals surface area contributed by atoms with Gasteiger partial charge in [0.2, 0.25) is 0 Å². The van der Waals surface area contributed by atoms with Crippen molar-refractivity contribution in [2.75, 3.05) is 19.6 Å². The van der Waals surface area contributed by atoms with Crippen LogP contribution in [0.25, 0.3) is 0 Å². The molecule has 8 heteroatoms. The number of benzene rings is 1. The monoisotopic (exact) mass is 460 g/mol. The lowest BCUT2D eigenvalue weighted by Crippen LogP contribution is -2.39. The van der Waals surface area contributed by atoms with E-state index in [0.29, 0.717) is 18.5 Å². The third-order valence-electron chi connectivity index (χ3n) is 3.61. The summed E-state index contributed by atoms with van der Waals surface area (Å²) < 4.78 is 15.6. The minimum atomic E-state index is -0.176. The van der Waals surface area contributed by atoms with E-state index in [0.717, 1.165) is 37.8 Å². The van der Waals surface area contributed by atoms with Crippen LogP contribution in [-0.2, 0) is 19.4 Å². The van der Waals surface area contributed by atoms with Gasteiger partial charge < -0.3 is 15.2 Å². The Labute approximate surface area is 165 Å². The maximum atomic E-state index is 13.6. The number of rotatable bonds is 8. The summed E-state index contributed by atoms with van der Waals surface area (Å²) >= 11 is 0. The topological polar surface area (TPSA) is 67.1 Å². The third-order valence-corrected chi connectivity index (χ3v) is 3.61. The Kier molecular flexibility index (Phi) is 10.0. The van der Waals surface area contributed by atoms with Crippen molar-refractivity contribution in [1.29, 1.82) is 0 Å². The molecule has 138 valence electrons. The van der Waals surface area contributed by atoms with Crippen molar-refractivity contribution in [1.82, 2.24) is 25.4 Å². The van der Waals surface area contributed by atoms with Crippen molar-refractivity contribution in [2.45, 2.75) is 33.2 Å². The van der Waals surface area contributed by atoms with Gasteiger partial charge in [-0.15, -0.1) is 34.2 Å². The molecular formula is C17H26FIN6. The van der Waals surface area contributed by atoms with E-state index in [4.69, 9.17) is 0 Å². The first-order valence-electron chi connectivity index (χ1n) is 8.36. The van der Waals surface area contributed by atoms with Crippen LogP contribution in [0.4, 0.5) is 4.39 Å². The summed E-state index contributed by atoms with van der Waals surface area (Å²) in [5.41, 5.74) is 0.689. The molecule has 25 heavy (non-hydrogen) atoms. The molecule has 0 saturated carbocycles. The number of hydrogen-bond donors (Lipinski definition) is 2. The Morgan fingerprint density at radius 2 is 2.04 bits per heavy atom. The molecule has 0 unspecified atom stereocenters. The van der Waals surface area contributed by atoms with Crippen LogP contribution in [0.15, 0.2) is 35.6 Å². The number of aromatic nitrogens is 3. The maximum Gasteiger partial charge on any atom is 0.191 e. The molecule has 0 spiro atoms. The van der Waals surface area contributed by atoms with Crippen molar-refractivity contribution in [3.63, 3.8) is 0 Å². The van der Waals surface area contributed by atoms with E-state index in [1.165, 1.54) is 6.07 Å². The van der Waals surface area contributed by atoms with Crippen LogP contribution in [0.1, 0.15) is 25.2 Å². The molecule has 0 saturated heterocycles. The molecule has 1 heterocycles. The van der Waals surface area contributed by atoms with Crippen LogP contribution in [0.3, 0.4) is 0 Å². The summed E-state index contributed by atoms with van der Waals surface area (Å²) in [7, 11) is 0. The molecule has 6 nitrogen and oxygen atoms in total. The molecule has 1 aromatic carbocycles. The van der Waals surface area contributed by atoms with Crippen LogP contribution in [0, 0.1) is 5.82 Å². The van der Waals surface area contributed by atoms with Gasteiger partial charge in [-0.2, -0.15) is 0 Å². The molecule has 0 aliphatic carbocycles. The fraction of sp³-hybridized carbons (Fsp3) is 0.471. The van der Waals surface area contributed by atoms with Gasteiger partial charge in [0.05, 0.1) is 0 Å². The molecule has 0 amide bonds. The zero-order chi connectivity index (χ0) is 17.2. The number of nitrogens with zero attached hydrogens (tertiary/aromatic N) is 4. The Morgan fingerprint density at radius 1 is 1.24 bits per heavy atom. The predicted molar refractivity (Wildman–Crippen MR) is 109 cm³/mol. The first-order chi connectivity index (χ1) is 11.7. The van der Waals surface area contributed by atoms with Gasteiger partial charge in [-0.3, -0.25) is 4.99 Å². The van der Waals surface area contributed by atoms with E-state index in [2.05, 4.69) is 32.7 Å². The average molecular weight is 460 g/mol. The molecule has 0 radical (unpaired) electrons. The number of aliphatic imine (C=N–C) groups is 1. The molecule has 0 bridgehead atoms. The summed E-state index contributed by atoms with van der Waals surface area (Å²) in [6, 6.07) is 6.82. The molecule has 0 fully saturated rings. The van der Waals surface area contributed by atoms with E-state index in [1.807, 2.05) is 17.6 Å². The molecule has 0 atom stereocenters. The Morgan fingerprint density at radius 3 is 2.76 bits per heavy atom. The normalized spacial score (nSPS) is 11.1. The van der Waals surface area contributed by atoms with Crippen molar-refractivity contribution in [3.8, 4) is 0 Å². The molecule has 2 aromatic rings. The average Bonchev–Trinajstić information content (AvgIpc) is 3.04. The Bertz CT molecular complexity index is 658. The lowest BCUT2D eigenvalue weighted by atomic mass is 10.1. The van der Waals surface area contributed by atoms with Crippen molar-refractivity contribution in [3.05, 3.63) is 47.8 Å². The van der Waals surface area contributed by atoms with E-state index >= 15 is 0 Å². The van der Waals surface area contributed by atoms with E-state index < -0.39 is 0 Å². The largest absolute Gasteiger partial charge is 0.357 e. The smallest absolute Gasteiger partial charge is 0.191 e. The minimum Gasteiger partial charge on any atom is -0.357 e. The number of halogens is 2. The van der Waals surface area contributed by atoms with Gasteiger partial charge in [0.1, 0.15) is 18.0 Å². The van der Waals surface area contributed by atoms with E-state index in [9.17, 15) is 4.39 Å². The first kappa shape index (κ1) is 21.3. The molecule has 2 rings (SSSR count). The van der Waals surface area contributed by atoms with Crippen LogP contribution in [0.5, 0.6) is 0 Å². The first-order valence-corrected chi connectivity index (χ1v) is 8.36. The summed E-state index contributed by atoms with van der Waals surface area (Å²) in [6.45, 7) is 6.87. The van der Waals surface area contributed by atoms with Crippen LogP contribution in [-0.4, -0.2) is 40.4 Å². The summed E-state index contributed by atoms with van der Waals surface area (Å²) in [6.07, 6.45) is 3.17. The molecule has 0 aliphatic heterocycles. The second-order valence-electron chi connectivity index (χ2n) is 5.32. The predicted octanol–water partition coefficient (Wildman–Crippen LogP) is 2.40. The molecule has 2 N–H and O–H groups in total. The quantitative estimate of drug-likeness (QED) is 0.361. The van der Waals surface area contributed by atoms with Gasteiger partial charge in [-0.1, -0.05) is 25.1 Å². The lowest BCUT2D eigenvalue weighted by molar-refractivity contribution is 0.609. The zero-order valence-corrected chi connectivity index (χ0v) is 17.0. The number of hydrogen-bond acceptors (Lipinski definition) is 3. The van der Waals surface area contributed by atoms with Gasteiger partial charge in [0.15, 0.2) is 5.96 Å². The summed E-state index contributed by atoms with van der Waals surface area (Å²) in [5, 5.41) is 14.5. The maximum absolute atomic E-state index is 13.6.